The van der Waals surface area contributed by atoms with Crippen molar-refractivity contribution in [3.8, 4) is 6.07 Å². The number of nitrogens with one attached hydrogen (secondary N) is 2. The van der Waals surface area contributed by atoms with Crippen LogP contribution in [-0.4, -0.2) is 49.3 Å². The first-order chi connectivity index (χ1) is 10.5. The van der Waals surface area contributed by atoms with Crippen LogP contribution in [0.25, 0.3) is 0 Å². The van der Waals surface area contributed by atoms with Gasteiger partial charge in [-0.15, -0.1) is 0 Å². The minimum absolute atomic E-state index is 0.119. The minimum atomic E-state index is -0.244. The maximum absolute atomic E-state index is 12.0. The third-order valence-electron chi connectivity index (χ3n) is 3.82. The Morgan fingerprint density at radius 1 is 1.32 bits per heavy atom. The predicted octanol–water partition coefficient (Wildman–Crippen LogP) is 1.79. The fourth-order valence-corrected chi connectivity index (χ4v) is 2.38. The smallest absolute Gasteiger partial charge is 0.319 e. The molecule has 0 spiro atoms. The fourth-order valence-electron chi connectivity index (χ4n) is 2.38. The van der Waals surface area contributed by atoms with Gasteiger partial charge in [-0.25, -0.2) is 4.79 Å². The third-order valence-corrected chi connectivity index (χ3v) is 3.82. The normalized spacial score (nSPS) is 15.9. The van der Waals surface area contributed by atoms with E-state index in [9.17, 15) is 4.79 Å². The first-order valence-electron chi connectivity index (χ1n) is 7.39. The number of benzene rings is 1. The zero-order valence-electron chi connectivity index (χ0n) is 13.1. The highest BCUT2D eigenvalue weighted by Gasteiger charge is 2.28. The molecule has 0 aliphatic carbocycles. The SMILES string of the molecule is CC(C)(CNC(=O)Nc1ccc(C#N)cc1)N1CCOCC1. The van der Waals surface area contributed by atoms with Crippen molar-refractivity contribution in [2.24, 2.45) is 0 Å². The molecular formula is C16H22N4O2. The van der Waals surface area contributed by atoms with Crippen LogP contribution < -0.4 is 10.6 Å². The summed E-state index contributed by atoms with van der Waals surface area (Å²) in [4.78, 5) is 14.3. The lowest BCUT2D eigenvalue weighted by molar-refractivity contribution is -0.00863. The van der Waals surface area contributed by atoms with Crippen molar-refractivity contribution in [1.29, 1.82) is 5.26 Å². The number of rotatable bonds is 4. The molecule has 0 saturated carbocycles. The van der Waals surface area contributed by atoms with Crippen LogP contribution in [0, 0.1) is 11.3 Å². The summed E-state index contributed by atoms with van der Waals surface area (Å²) in [5, 5.41) is 14.4. The molecule has 2 N–H and O–H groups in total. The van der Waals surface area contributed by atoms with Gasteiger partial charge in [0.05, 0.1) is 24.8 Å². The molecular weight excluding hydrogens is 280 g/mol. The van der Waals surface area contributed by atoms with Gasteiger partial charge in [0.25, 0.3) is 0 Å². The molecule has 1 aromatic rings. The van der Waals surface area contributed by atoms with E-state index in [1.54, 1.807) is 24.3 Å². The molecule has 1 aromatic carbocycles. The fraction of sp³-hybridized carbons (Fsp3) is 0.500. The van der Waals surface area contributed by atoms with Gasteiger partial charge in [0, 0.05) is 30.9 Å². The number of carbonyl (C=O) groups is 1. The lowest BCUT2D eigenvalue weighted by Crippen LogP contribution is -2.55. The molecule has 1 aliphatic rings. The number of ether oxygens (including phenoxy) is 1. The highest BCUT2D eigenvalue weighted by Crippen LogP contribution is 2.15. The maximum Gasteiger partial charge on any atom is 0.319 e. The van der Waals surface area contributed by atoms with Crippen LogP contribution in [0.1, 0.15) is 19.4 Å². The number of anilines is 1. The molecule has 2 rings (SSSR count). The molecule has 0 bridgehead atoms. The molecule has 6 nitrogen and oxygen atoms in total. The van der Waals surface area contributed by atoms with Crippen LogP contribution in [0.15, 0.2) is 24.3 Å². The van der Waals surface area contributed by atoms with Crippen LogP contribution in [0.5, 0.6) is 0 Å². The molecule has 0 aromatic heterocycles. The molecule has 2 amide bonds. The van der Waals surface area contributed by atoms with Gasteiger partial charge in [0.15, 0.2) is 0 Å². The van der Waals surface area contributed by atoms with Crippen LogP contribution in [0.3, 0.4) is 0 Å². The van der Waals surface area contributed by atoms with Crippen molar-refractivity contribution >= 4 is 11.7 Å². The summed E-state index contributed by atoms with van der Waals surface area (Å²) in [5.74, 6) is 0. The van der Waals surface area contributed by atoms with Gasteiger partial charge < -0.3 is 15.4 Å². The number of amides is 2. The van der Waals surface area contributed by atoms with Crippen molar-refractivity contribution in [3.63, 3.8) is 0 Å². The average Bonchev–Trinajstić information content (AvgIpc) is 2.55. The molecule has 1 heterocycles. The molecule has 1 aliphatic heterocycles. The summed E-state index contributed by atoms with van der Waals surface area (Å²) in [6.45, 7) is 8.01. The standard InChI is InChI=1S/C16H22N4O2/c1-16(2,20-7-9-22-10-8-20)12-18-15(21)19-14-5-3-13(11-17)4-6-14/h3-6H,7-10,12H2,1-2H3,(H2,18,19,21). The van der Waals surface area contributed by atoms with Gasteiger partial charge in [-0.1, -0.05) is 0 Å². The van der Waals surface area contributed by atoms with Crippen molar-refractivity contribution in [1.82, 2.24) is 10.2 Å². The Labute approximate surface area is 131 Å². The second-order valence-corrected chi connectivity index (χ2v) is 5.91. The topological polar surface area (TPSA) is 77.4 Å². The molecule has 1 saturated heterocycles. The lowest BCUT2D eigenvalue weighted by Gasteiger charge is -2.40. The lowest BCUT2D eigenvalue weighted by atomic mass is 10.0. The Morgan fingerprint density at radius 2 is 1.95 bits per heavy atom. The highest BCUT2D eigenvalue weighted by molar-refractivity contribution is 5.89. The zero-order valence-corrected chi connectivity index (χ0v) is 13.1. The van der Waals surface area contributed by atoms with E-state index in [0.29, 0.717) is 17.8 Å². The van der Waals surface area contributed by atoms with Crippen LogP contribution in [-0.2, 0) is 4.74 Å². The van der Waals surface area contributed by atoms with Crippen LogP contribution >= 0.6 is 0 Å². The summed E-state index contributed by atoms with van der Waals surface area (Å²) in [7, 11) is 0. The van der Waals surface area contributed by atoms with Gasteiger partial charge in [-0.2, -0.15) is 5.26 Å². The van der Waals surface area contributed by atoms with E-state index in [-0.39, 0.29) is 11.6 Å². The minimum Gasteiger partial charge on any atom is -0.379 e. The van der Waals surface area contributed by atoms with Crippen LogP contribution in [0.2, 0.25) is 0 Å². The molecule has 0 unspecified atom stereocenters. The summed E-state index contributed by atoms with van der Waals surface area (Å²) in [6, 6.07) is 8.58. The number of carbonyl (C=O) groups excluding carboxylic acids is 1. The second kappa shape index (κ2) is 7.25. The van der Waals surface area contributed by atoms with Gasteiger partial charge in [-0.3, -0.25) is 4.90 Å². The monoisotopic (exact) mass is 302 g/mol. The summed E-state index contributed by atoms with van der Waals surface area (Å²) < 4.78 is 5.35. The van der Waals surface area contributed by atoms with E-state index < -0.39 is 0 Å². The van der Waals surface area contributed by atoms with E-state index in [1.165, 1.54) is 0 Å². The van der Waals surface area contributed by atoms with Crippen LogP contribution in [0.4, 0.5) is 10.5 Å². The molecule has 0 radical (unpaired) electrons. The Hall–Kier alpha value is -2.10. The number of hydrogen-bond acceptors (Lipinski definition) is 4. The zero-order chi connectivity index (χ0) is 16.0. The first kappa shape index (κ1) is 16.3. The second-order valence-electron chi connectivity index (χ2n) is 5.91. The average molecular weight is 302 g/mol. The molecule has 1 fully saturated rings. The van der Waals surface area contributed by atoms with Gasteiger partial charge in [0.1, 0.15) is 0 Å². The number of morpholine rings is 1. The van der Waals surface area contributed by atoms with E-state index >= 15 is 0 Å². The van der Waals surface area contributed by atoms with Crippen molar-refractivity contribution in [2.45, 2.75) is 19.4 Å². The largest absolute Gasteiger partial charge is 0.379 e. The summed E-state index contributed by atoms with van der Waals surface area (Å²) in [5.41, 5.74) is 1.12. The van der Waals surface area contributed by atoms with Crippen molar-refractivity contribution < 1.29 is 9.53 Å². The van der Waals surface area contributed by atoms with Gasteiger partial charge in [0.2, 0.25) is 0 Å². The Kier molecular flexibility index (Phi) is 5.36. The van der Waals surface area contributed by atoms with Crippen molar-refractivity contribution in [3.05, 3.63) is 29.8 Å². The van der Waals surface area contributed by atoms with Crippen molar-refractivity contribution in [2.75, 3.05) is 38.2 Å². The van der Waals surface area contributed by atoms with E-state index in [2.05, 4.69) is 29.4 Å². The molecule has 0 atom stereocenters. The third kappa shape index (κ3) is 4.45. The van der Waals surface area contributed by atoms with E-state index in [0.717, 1.165) is 26.3 Å². The Balaban J connectivity index is 1.82. The number of nitrogens with zero attached hydrogens (tertiary/aromatic N) is 2. The Morgan fingerprint density at radius 3 is 2.55 bits per heavy atom. The maximum atomic E-state index is 12.0. The van der Waals surface area contributed by atoms with Gasteiger partial charge in [-0.05, 0) is 38.1 Å². The van der Waals surface area contributed by atoms with E-state index in [1.807, 2.05) is 6.07 Å². The summed E-state index contributed by atoms with van der Waals surface area (Å²) >= 11 is 0. The first-order valence-corrected chi connectivity index (χ1v) is 7.39. The number of urea groups is 1. The molecule has 118 valence electrons. The molecule has 22 heavy (non-hydrogen) atoms. The predicted molar refractivity (Wildman–Crippen MR) is 84.6 cm³/mol. The molecule has 6 heteroatoms. The quantitative estimate of drug-likeness (QED) is 0.889. The Bertz CT molecular complexity index is 542. The number of nitriles is 1. The highest BCUT2D eigenvalue weighted by atomic mass is 16.5. The van der Waals surface area contributed by atoms with E-state index in [4.69, 9.17) is 10.00 Å². The van der Waals surface area contributed by atoms with Gasteiger partial charge >= 0.3 is 6.03 Å². The summed E-state index contributed by atoms with van der Waals surface area (Å²) in [6.07, 6.45) is 0. The number of hydrogen-bond donors (Lipinski definition) is 2.